The van der Waals surface area contributed by atoms with Crippen LogP contribution in [0.4, 0.5) is 0 Å². The molecule has 7 heteroatoms. The van der Waals surface area contributed by atoms with E-state index in [0.29, 0.717) is 0 Å². The Kier molecular flexibility index (Phi) is 9.92. The van der Waals surface area contributed by atoms with E-state index in [4.69, 9.17) is 0 Å². The minimum absolute atomic E-state index is 0. The van der Waals surface area contributed by atoms with E-state index in [1.165, 1.54) is 38.0 Å². The van der Waals surface area contributed by atoms with Crippen molar-refractivity contribution in [1.29, 1.82) is 0 Å². The van der Waals surface area contributed by atoms with Gasteiger partial charge in [-0.05, 0) is 66.1 Å². The molecule has 0 unspecified atom stereocenters. The van der Waals surface area contributed by atoms with Crippen LogP contribution in [0.25, 0.3) is 0 Å². The number of guanidine groups is 1. The van der Waals surface area contributed by atoms with Crippen molar-refractivity contribution < 1.29 is 0 Å². The lowest BCUT2D eigenvalue weighted by Crippen LogP contribution is -2.54. The molecule has 0 amide bonds. The number of hydrogen-bond acceptors (Lipinski definition) is 3. The molecule has 0 bridgehead atoms. The molecule has 0 radical (unpaired) electrons. The lowest BCUT2D eigenvalue weighted by Gasteiger charge is -2.41. The Hall–Kier alpha value is -0.830. The van der Waals surface area contributed by atoms with Gasteiger partial charge in [0, 0.05) is 37.9 Å². The molecule has 26 heavy (non-hydrogen) atoms. The van der Waals surface area contributed by atoms with Crippen molar-refractivity contribution in [1.82, 2.24) is 25.3 Å². The van der Waals surface area contributed by atoms with Gasteiger partial charge in [0.2, 0.25) is 0 Å². The van der Waals surface area contributed by atoms with Crippen LogP contribution in [0.3, 0.4) is 0 Å². The molecule has 1 aliphatic heterocycles. The summed E-state index contributed by atoms with van der Waals surface area (Å²) in [6.45, 7) is 13.9. The van der Waals surface area contributed by atoms with E-state index in [-0.39, 0.29) is 29.5 Å². The van der Waals surface area contributed by atoms with Gasteiger partial charge in [0.05, 0.1) is 5.69 Å². The molecule has 1 saturated heterocycles. The molecule has 1 aromatic rings. The van der Waals surface area contributed by atoms with Gasteiger partial charge in [-0.15, -0.1) is 24.0 Å². The molecule has 6 nitrogen and oxygen atoms in total. The summed E-state index contributed by atoms with van der Waals surface area (Å²) in [5.74, 6) is 0.887. The van der Waals surface area contributed by atoms with E-state index in [0.717, 1.165) is 37.7 Å². The van der Waals surface area contributed by atoms with Crippen LogP contribution in [0.15, 0.2) is 11.1 Å². The Balaban J connectivity index is 0.00000338. The third-order valence-electron chi connectivity index (χ3n) is 5.07. The fourth-order valence-corrected chi connectivity index (χ4v) is 3.47. The molecule has 2 N–H and O–H groups in total. The van der Waals surface area contributed by atoms with Gasteiger partial charge < -0.3 is 10.6 Å². The quantitative estimate of drug-likeness (QED) is 0.275. The first-order chi connectivity index (χ1) is 11.9. The summed E-state index contributed by atoms with van der Waals surface area (Å²) in [6, 6.07) is 2.12. The van der Waals surface area contributed by atoms with Crippen LogP contribution < -0.4 is 10.6 Å². The molecule has 1 fully saturated rings. The standard InChI is InChI=1S/C19H36N6.HI/c1-16-14-17(2)25(23-16)13-9-10-21-18(20-5)22-15-19(3,4)24-11-7-6-8-12-24;/h14H,6-13,15H2,1-5H3,(H2,20,21,22);1H. The maximum absolute atomic E-state index is 4.50. The number of likely N-dealkylation sites (tertiary alicyclic amines) is 1. The summed E-state index contributed by atoms with van der Waals surface area (Å²) in [4.78, 5) is 6.95. The Morgan fingerprint density at radius 1 is 1.19 bits per heavy atom. The van der Waals surface area contributed by atoms with Crippen molar-refractivity contribution in [3.63, 3.8) is 0 Å². The van der Waals surface area contributed by atoms with E-state index < -0.39 is 0 Å². The maximum atomic E-state index is 4.50. The summed E-state index contributed by atoms with van der Waals surface area (Å²) in [5, 5.41) is 11.4. The van der Waals surface area contributed by atoms with Crippen LogP contribution in [-0.2, 0) is 6.54 Å². The lowest BCUT2D eigenvalue weighted by atomic mass is 9.98. The molecular weight excluding hydrogens is 439 g/mol. The van der Waals surface area contributed by atoms with Crippen LogP contribution in [0.5, 0.6) is 0 Å². The molecule has 0 aliphatic carbocycles. The highest BCUT2D eigenvalue weighted by Gasteiger charge is 2.27. The average Bonchev–Trinajstić information content (AvgIpc) is 2.92. The second-order valence-electron chi connectivity index (χ2n) is 7.72. The third-order valence-corrected chi connectivity index (χ3v) is 5.07. The van der Waals surface area contributed by atoms with Crippen LogP contribution in [0.1, 0.15) is 50.9 Å². The Labute approximate surface area is 176 Å². The largest absolute Gasteiger partial charge is 0.356 e. The van der Waals surface area contributed by atoms with Gasteiger partial charge in [0.15, 0.2) is 5.96 Å². The van der Waals surface area contributed by atoms with Crippen molar-refractivity contribution in [3.05, 3.63) is 17.5 Å². The molecule has 0 spiro atoms. The minimum atomic E-state index is 0. The van der Waals surface area contributed by atoms with Crippen LogP contribution >= 0.6 is 24.0 Å². The average molecular weight is 476 g/mol. The van der Waals surface area contributed by atoms with Crippen molar-refractivity contribution in [3.8, 4) is 0 Å². The van der Waals surface area contributed by atoms with Gasteiger partial charge in [-0.3, -0.25) is 14.6 Å². The van der Waals surface area contributed by atoms with Gasteiger partial charge in [-0.25, -0.2) is 0 Å². The molecule has 0 aromatic carbocycles. The van der Waals surface area contributed by atoms with Gasteiger partial charge >= 0.3 is 0 Å². The molecular formula is C19H37IN6. The highest BCUT2D eigenvalue weighted by molar-refractivity contribution is 14.0. The number of rotatable bonds is 7. The number of hydrogen-bond donors (Lipinski definition) is 2. The first kappa shape index (κ1) is 23.2. The highest BCUT2D eigenvalue weighted by Crippen LogP contribution is 2.19. The Bertz CT molecular complexity index is 560. The zero-order chi connectivity index (χ0) is 18.3. The molecule has 150 valence electrons. The zero-order valence-electron chi connectivity index (χ0n) is 17.1. The van der Waals surface area contributed by atoms with Crippen LogP contribution in [-0.4, -0.2) is 59.4 Å². The van der Waals surface area contributed by atoms with Gasteiger partial charge in [-0.2, -0.15) is 5.10 Å². The second-order valence-corrected chi connectivity index (χ2v) is 7.72. The van der Waals surface area contributed by atoms with E-state index in [1.54, 1.807) is 0 Å². The smallest absolute Gasteiger partial charge is 0.191 e. The summed E-state index contributed by atoms with van der Waals surface area (Å²) < 4.78 is 2.08. The number of piperidine rings is 1. The fraction of sp³-hybridized carbons (Fsp3) is 0.789. The number of nitrogens with zero attached hydrogens (tertiary/aromatic N) is 4. The summed E-state index contributed by atoms with van der Waals surface area (Å²) in [7, 11) is 1.84. The van der Waals surface area contributed by atoms with Crippen LogP contribution in [0.2, 0.25) is 0 Å². The Morgan fingerprint density at radius 2 is 1.88 bits per heavy atom. The molecule has 1 aromatic heterocycles. The van der Waals surface area contributed by atoms with Crippen molar-refractivity contribution in [2.45, 2.75) is 65.5 Å². The summed E-state index contributed by atoms with van der Waals surface area (Å²) in [6.07, 6.45) is 5.04. The number of nitrogens with one attached hydrogen (secondary N) is 2. The predicted molar refractivity (Wildman–Crippen MR) is 121 cm³/mol. The maximum Gasteiger partial charge on any atom is 0.191 e. The SMILES string of the molecule is CN=C(NCCCn1nc(C)cc1C)NCC(C)(C)N1CCCCC1.I. The van der Waals surface area contributed by atoms with Crippen molar-refractivity contribution in [2.75, 3.05) is 33.2 Å². The van der Waals surface area contributed by atoms with E-state index in [2.05, 4.69) is 57.1 Å². The molecule has 2 rings (SSSR count). The lowest BCUT2D eigenvalue weighted by molar-refractivity contribution is 0.0982. The van der Waals surface area contributed by atoms with Crippen molar-refractivity contribution in [2.24, 2.45) is 4.99 Å². The van der Waals surface area contributed by atoms with E-state index in [9.17, 15) is 0 Å². The minimum Gasteiger partial charge on any atom is -0.356 e. The number of aromatic nitrogens is 2. The fourth-order valence-electron chi connectivity index (χ4n) is 3.47. The first-order valence-corrected chi connectivity index (χ1v) is 9.63. The Morgan fingerprint density at radius 3 is 2.46 bits per heavy atom. The van der Waals surface area contributed by atoms with E-state index in [1.807, 2.05) is 14.0 Å². The third kappa shape index (κ3) is 7.06. The predicted octanol–water partition coefficient (Wildman–Crippen LogP) is 2.94. The number of aliphatic imine (C=N–C) groups is 1. The summed E-state index contributed by atoms with van der Waals surface area (Å²) >= 11 is 0. The second kappa shape index (κ2) is 11.1. The number of halogens is 1. The first-order valence-electron chi connectivity index (χ1n) is 9.63. The highest BCUT2D eigenvalue weighted by atomic mass is 127. The molecule has 1 aliphatic rings. The van der Waals surface area contributed by atoms with Gasteiger partial charge in [-0.1, -0.05) is 6.42 Å². The van der Waals surface area contributed by atoms with Crippen LogP contribution in [0, 0.1) is 13.8 Å². The normalized spacial score (nSPS) is 16.3. The van der Waals surface area contributed by atoms with Gasteiger partial charge in [0.1, 0.15) is 0 Å². The zero-order valence-corrected chi connectivity index (χ0v) is 19.5. The molecule has 0 saturated carbocycles. The topological polar surface area (TPSA) is 57.5 Å². The number of aryl methyl sites for hydroxylation is 3. The monoisotopic (exact) mass is 476 g/mol. The summed E-state index contributed by atoms with van der Waals surface area (Å²) in [5.41, 5.74) is 2.47. The molecule has 2 heterocycles. The van der Waals surface area contributed by atoms with Gasteiger partial charge in [0.25, 0.3) is 0 Å². The molecule has 0 atom stereocenters. The van der Waals surface area contributed by atoms with Crippen molar-refractivity contribution >= 4 is 29.9 Å². The van der Waals surface area contributed by atoms with E-state index >= 15 is 0 Å².